The van der Waals surface area contributed by atoms with Crippen LogP contribution in [0.2, 0.25) is 0 Å². The van der Waals surface area contributed by atoms with E-state index in [1.165, 1.54) is 5.56 Å². The van der Waals surface area contributed by atoms with E-state index in [2.05, 4.69) is 48.8 Å². The summed E-state index contributed by atoms with van der Waals surface area (Å²) in [6, 6.07) is 6.20. The molecule has 33 heavy (non-hydrogen) atoms. The number of nitrogens with zero attached hydrogens (tertiary/aromatic N) is 8. The predicted molar refractivity (Wildman–Crippen MR) is 125 cm³/mol. The van der Waals surface area contributed by atoms with Gasteiger partial charge in [-0.25, -0.2) is 4.68 Å². The van der Waals surface area contributed by atoms with Crippen LogP contribution in [0.4, 0.5) is 17.3 Å². The number of carbonyl (C=O) groups excluding carboxylic acids is 1. The molecule has 0 N–H and O–H groups in total. The van der Waals surface area contributed by atoms with E-state index in [1.807, 2.05) is 30.3 Å². The lowest BCUT2D eigenvalue weighted by molar-refractivity contribution is 0.0523. The molecule has 0 atom stereocenters. The zero-order chi connectivity index (χ0) is 22.5. The molecule has 3 aliphatic rings. The van der Waals surface area contributed by atoms with E-state index in [0.717, 1.165) is 80.7 Å². The average Bonchev–Trinajstić information content (AvgIpc) is 3.30. The van der Waals surface area contributed by atoms with Gasteiger partial charge in [0.1, 0.15) is 5.82 Å². The molecule has 170 valence electrons. The molecule has 3 aromatic rings. The normalized spacial score (nSPS) is 18.1. The van der Waals surface area contributed by atoms with Crippen molar-refractivity contribution in [3.05, 3.63) is 53.1 Å². The van der Waals surface area contributed by atoms with Crippen molar-refractivity contribution in [1.29, 1.82) is 0 Å². The molecule has 3 aliphatic heterocycles. The molecule has 1 amide bonds. The molecule has 0 radical (unpaired) electrons. The van der Waals surface area contributed by atoms with E-state index in [-0.39, 0.29) is 5.91 Å². The Balaban J connectivity index is 1.23. The van der Waals surface area contributed by atoms with Crippen LogP contribution in [0.5, 0.6) is 0 Å². The summed E-state index contributed by atoms with van der Waals surface area (Å²) in [6.07, 6.45) is 5.77. The van der Waals surface area contributed by atoms with Gasteiger partial charge >= 0.3 is 0 Å². The first kappa shape index (κ1) is 20.1. The molecule has 0 saturated carbocycles. The average molecular weight is 445 g/mol. The Hall–Kier alpha value is -3.49. The van der Waals surface area contributed by atoms with E-state index in [4.69, 9.17) is 4.98 Å². The number of aromatic nitrogens is 5. The number of aryl methyl sites for hydroxylation is 2. The summed E-state index contributed by atoms with van der Waals surface area (Å²) in [5, 5.41) is 13.2. The Labute approximate surface area is 193 Å². The van der Waals surface area contributed by atoms with Gasteiger partial charge in [-0.3, -0.25) is 9.78 Å². The van der Waals surface area contributed by atoms with Crippen molar-refractivity contribution in [2.24, 2.45) is 5.92 Å². The van der Waals surface area contributed by atoms with E-state index in [1.54, 1.807) is 0 Å². The van der Waals surface area contributed by atoms with E-state index in [9.17, 15) is 4.79 Å². The van der Waals surface area contributed by atoms with Crippen LogP contribution in [0.15, 0.2) is 30.6 Å². The molecule has 6 heterocycles. The number of fused-ring (bicyclic) bond motifs is 2. The van der Waals surface area contributed by atoms with Gasteiger partial charge in [-0.2, -0.15) is 5.10 Å². The maximum absolute atomic E-state index is 12.6. The molecule has 0 spiro atoms. The Kier molecular flexibility index (Phi) is 4.78. The fourth-order valence-electron chi connectivity index (χ4n) is 5.15. The van der Waals surface area contributed by atoms with Crippen molar-refractivity contribution in [3.8, 4) is 0 Å². The van der Waals surface area contributed by atoms with Crippen LogP contribution in [0, 0.1) is 12.8 Å². The first-order valence-electron chi connectivity index (χ1n) is 11.7. The quantitative estimate of drug-likeness (QED) is 0.614. The van der Waals surface area contributed by atoms with E-state index >= 15 is 0 Å². The predicted octanol–water partition coefficient (Wildman–Crippen LogP) is 2.57. The van der Waals surface area contributed by atoms with Crippen molar-refractivity contribution in [2.75, 3.05) is 36.0 Å². The molecule has 6 rings (SSSR count). The number of rotatable bonds is 3. The van der Waals surface area contributed by atoms with Gasteiger partial charge in [0.2, 0.25) is 0 Å². The molecular formula is C24H28N8O. The van der Waals surface area contributed by atoms with Crippen LogP contribution >= 0.6 is 0 Å². The number of pyridine rings is 1. The molecule has 0 aliphatic carbocycles. The minimum Gasteiger partial charge on any atom is -0.350 e. The van der Waals surface area contributed by atoms with Crippen molar-refractivity contribution >= 4 is 23.2 Å². The Bertz CT molecular complexity index is 1210. The summed E-state index contributed by atoms with van der Waals surface area (Å²) in [6.45, 7) is 9.26. The van der Waals surface area contributed by atoms with Gasteiger partial charge in [0.05, 0.1) is 18.1 Å². The summed E-state index contributed by atoms with van der Waals surface area (Å²) in [5.74, 6) is 2.51. The van der Waals surface area contributed by atoms with Crippen molar-refractivity contribution in [3.63, 3.8) is 0 Å². The van der Waals surface area contributed by atoms with Crippen molar-refractivity contribution in [2.45, 2.75) is 39.8 Å². The number of hydrogen-bond donors (Lipinski definition) is 0. The second-order valence-corrected chi connectivity index (χ2v) is 9.44. The van der Waals surface area contributed by atoms with Gasteiger partial charge in [-0.15, -0.1) is 10.2 Å². The van der Waals surface area contributed by atoms with Crippen LogP contribution < -0.4 is 9.80 Å². The second-order valence-electron chi connectivity index (χ2n) is 9.44. The maximum Gasteiger partial charge on any atom is 0.274 e. The molecule has 9 heteroatoms. The third-order valence-corrected chi connectivity index (χ3v) is 6.89. The SMILES string of the molecule is Cc1cc(C(=O)N2CC(C)C2)nnc1N1CCc2ncc(N3CCCn4nccc43)cc2C1. The summed E-state index contributed by atoms with van der Waals surface area (Å²) in [4.78, 5) is 23.8. The molecule has 0 bridgehead atoms. The monoisotopic (exact) mass is 444 g/mol. The Morgan fingerprint density at radius 3 is 2.82 bits per heavy atom. The van der Waals surface area contributed by atoms with Crippen LogP contribution in [-0.2, 0) is 19.5 Å². The van der Waals surface area contributed by atoms with Gasteiger partial charge in [0.25, 0.3) is 5.91 Å². The summed E-state index contributed by atoms with van der Waals surface area (Å²) < 4.78 is 2.05. The number of anilines is 3. The molecule has 1 fully saturated rings. The summed E-state index contributed by atoms with van der Waals surface area (Å²) >= 11 is 0. The standard InChI is InChI=1S/C24H28N8O/c1-16-13-30(14-16)24(33)21-10-17(2)23(28-27-21)29-9-5-20-18(15-29)11-19(12-25-20)31-7-3-8-32-22(31)4-6-26-32/h4,6,10-12,16H,3,5,7-9,13-15H2,1-2H3. The zero-order valence-electron chi connectivity index (χ0n) is 19.1. The van der Waals surface area contributed by atoms with E-state index < -0.39 is 0 Å². The number of carbonyl (C=O) groups is 1. The van der Waals surface area contributed by atoms with E-state index in [0.29, 0.717) is 11.6 Å². The number of likely N-dealkylation sites (tertiary alicyclic amines) is 1. The molecule has 1 saturated heterocycles. The van der Waals surface area contributed by atoms with Gasteiger partial charge in [-0.1, -0.05) is 6.92 Å². The molecule has 3 aromatic heterocycles. The third kappa shape index (κ3) is 3.51. The topological polar surface area (TPSA) is 83.3 Å². The van der Waals surface area contributed by atoms with Gasteiger partial charge in [0, 0.05) is 57.4 Å². The lowest BCUT2D eigenvalue weighted by atomic mass is 10.0. The highest BCUT2D eigenvalue weighted by Gasteiger charge is 2.30. The minimum atomic E-state index is -0.0196. The molecule has 9 nitrogen and oxygen atoms in total. The smallest absolute Gasteiger partial charge is 0.274 e. The Morgan fingerprint density at radius 1 is 1.12 bits per heavy atom. The fourth-order valence-corrected chi connectivity index (χ4v) is 5.15. The van der Waals surface area contributed by atoms with Crippen LogP contribution in [-0.4, -0.2) is 61.9 Å². The summed E-state index contributed by atoms with van der Waals surface area (Å²) in [5.41, 5.74) is 4.88. The fraction of sp³-hybridized carbons (Fsp3) is 0.458. The molecule has 0 aromatic carbocycles. The highest BCUT2D eigenvalue weighted by molar-refractivity contribution is 5.93. The van der Waals surface area contributed by atoms with Crippen molar-refractivity contribution < 1.29 is 4.79 Å². The third-order valence-electron chi connectivity index (χ3n) is 6.89. The second kappa shape index (κ2) is 7.83. The minimum absolute atomic E-state index is 0.0196. The van der Waals surface area contributed by atoms with Gasteiger partial charge in [0.15, 0.2) is 11.5 Å². The summed E-state index contributed by atoms with van der Waals surface area (Å²) in [7, 11) is 0. The number of amides is 1. The lowest BCUT2D eigenvalue weighted by Gasteiger charge is -2.37. The highest BCUT2D eigenvalue weighted by Crippen LogP contribution is 2.32. The lowest BCUT2D eigenvalue weighted by Crippen LogP contribution is -2.49. The molecule has 0 unspecified atom stereocenters. The van der Waals surface area contributed by atoms with Gasteiger partial charge in [-0.05, 0) is 42.5 Å². The van der Waals surface area contributed by atoms with Crippen LogP contribution in [0.25, 0.3) is 0 Å². The van der Waals surface area contributed by atoms with Crippen LogP contribution in [0.3, 0.4) is 0 Å². The zero-order valence-corrected chi connectivity index (χ0v) is 19.1. The largest absolute Gasteiger partial charge is 0.350 e. The van der Waals surface area contributed by atoms with Crippen LogP contribution in [0.1, 0.15) is 40.7 Å². The molecular weight excluding hydrogens is 416 g/mol. The maximum atomic E-state index is 12.6. The first-order valence-corrected chi connectivity index (χ1v) is 11.7. The van der Waals surface area contributed by atoms with Gasteiger partial charge < -0.3 is 14.7 Å². The Morgan fingerprint density at radius 2 is 2.00 bits per heavy atom. The van der Waals surface area contributed by atoms with Crippen molar-refractivity contribution in [1.82, 2.24) is 29.9 Å². The number of hydrogen-bond acceptors (Lipinski definition) is 7. The first-order chi connectivity index (χ1) is 16.1. The highest BCUT2D eigenvalue weighted by atomic mass is 16.2.